The molecule has 0 bridgehead atoms. The van der Waals surface area contributed by atoms with Crippen molar-refractivity contribution >= 4 is 0 Å². The Kier molecular flexibility index (Phi) is 4.44. The number of unbranched alkanes of at least 4 members (excludes halogenated alkanes) is 3. The summed E-state index contributed by atoms with van der Waals surface area (Å²) in [6.45, 7) is 2.10. The standard InChI is InChI=1S/C11H19F3O/c1-2-3-4-5-6-8-7-9(8)10(15)11(12,13)14/h8-10,15H,2-7H2,1H3/t8-,9-,10+/m1/s1. The minimum Gasteiger partial charge on any atom is -0.383 e. The molecule has 0 spiro atoms. The molecule has 4 heteroatoms. The lowest BCUT2D eigenvalue weighted by Gasteiger charge is -2.13. The van der Waals surface area contributed by atoms with Crippen LogP contribution < -0.4 is 0 Å². The zero-order chi connectivity index (χ0) is 11.5. The molecule has 0 aliphatic heterocycles. The van der Waals surface area contributed by atoms with Gasteiger partial charge in [-0.1, -0.05) is 39.0 Å². The van der Waals surface area contributed by atoms with Crippen LogP contribution in [-0.4, -0.2) is 17.4 Å². The summed E-state index contributed by atoms with van der Waals surface area (Å²) in [5, 5.41) is 8.97. The summed E-state index contributed by atoms with van der Waals surface area (Å²) in [7, 11) is 0. The van der Waals surface area contributed by atoms with E-state index in [1.165, 1.54) is 0 Å². The molecule has 0 aromatic heterocycles. The second-order valence-corrected chi connectivity index (χ2v) is 4.50. The molecule has 0 radical (unpaired) electrons. The number of rotatable bonds is 6. The topological polar surface area (TPSA) is 20.2 Å². The fourth-order valence-electron chi connectivity index (χ4n) is 2.07. The molecule has 3 atom stereocenters. The SMILES string of the molecule is CCCCCC[C@@H]1C[C@H]1[C@H](O)C(F)(F)F. The Bertz CT molecular complexity index is 191. The molecular weight excluding hydrogens is 205 g/mol. The molecular formula is C11H19F3O. The van der Waals surface area contributed by atoms with Gasteiger partial charge in [0.1, 0.15) is 0 Å². The third-order valence-corrected chi connectivity index (χ3v) is 3.15. The van der Waals surface area contributed by atoms with Crippen LogP contribution in [0, 0.1) is 11.8 Å². The van der Waals surface area contributed by atoms with E-state index in [2.05, 4.69) is 6.92 Å². The average molecular weight is 224 g/mol. The van der Waals surface area contributed by atoms with Gasteiger partial charge in [-0.3, -0.25) is 0 Å². The first-order valence-corrected chi connectivity index (χ1v) is 5.71. The highest BCUT2D eigenvalue weighted by molar-refractivity contribution is 4.93. The maximum Gasteiger partial charge on any atom is 0.414 e. The van der Waals surface area contributed by atoms with Crippen molar-refractivity contribution < 1.29 is 18.3 Å². The van der Waals surface area contributed by atoms with Crippen LogP contribution in [0.15, 0.2) is 0 Å². The van der Waals surface area contributed by atoms with Crippen molar-refractivity contribution in [1.82, 2.24) is 0 Å². The van der Waals surface area contributed by atoms with Crippen LogP contribution in [0.3, 0.4) is 0 Å². The van der Waals surface area contributed by atoms with Gasteiger partial charge in [-0.2, -0.15) is 13.2 Å². The summed E-state index contributed by atoms with van der Waals surface area (Å²) < 4.78 is 36.3. The quantitative estimate of drug-likeness (QED) is 0.684. The lowest BCUT2D eigenvalue weighted by atomic mass is 10.1. The van der Waals surface area contributed by atoms with E-state index in [4.69, 9.17) is 5.11 Å². The summed E-state index contributed by atoms with van der Waals surface area (Å²) in [5.41, 5.74) is 0. The van der Waals surface area contributed by atoms with Gasteiger partial charge in [0.2, 0.25) is 0 Å². The molecule has 0 heterocycles. The zero-order valence-corrected chi connectivity index (χ0v) is 9.06. The maximum atomic E-state index is 12.1. The van der Waals surface area contributed by atoms with Gasteiger partial charge in [-0.25, -0.2) is 0 Å². The highest BCUT2D eigenvalue weighted by Crippen LogP contribution is 2.48. The molecule has 0 aromatic carbocycles. The van der Waals surface area contributed by atoms with E-state index in [0.29, 0.717) is 6.42 Å². The molecule has 1 aliphatic rings. The second kappa shape index (κ2) is 5.19. The van der Waals surface area contributed by atoms with E-state index in [9.17, 15) is 13.2 Å². The van der Waals surface area contributed by atoms with Gasteiger partial charge >= 0.3 is 6.18 Å². The summed E-state index contributed by atoms with van der Waals surface area (Å²) in [5.74, 6) is -0.412. The number of alkyl halides is 3. The molecule has 0 aromatic rings. The van der Waals surface area contributed by atoms with Crippen molar-refractivity contribution in [2.45, 2.75) is 57.7 Å². The number of halogens is 3. The minimum atomic E-state index is -4.43. The van der Waals surface area contributed by atoms with Gasteiger partial charge in [-0.05, 0) is 18.3 Å². The van der Waals surface area contributed by atoms with E-state index in [0.717, 1.165) is 32.1 Å². The van der Waals surface area contributed by atoms with Crippen molar-refractivity contribution in [1.29, 1.82) is 0 Å². The first-order chi connectivity index (χ1) is 6.96. The highest BCUT2D eigenvalue weighted by atomic mass is 19.4. The van der Waals surface area contributed by atoms with Gasteiger partial charge in [0.25, 0.3) is 0 Å². The van der Waals surface area contributed by atoms with Crippen molar-refractivity contribution in [2.75, 3.05) is 0 Å². The molecule has 1 N–H and O–H groups in total. The Balaban J connectivity index is 2.12. The minimum absolute atomic E-state index is 0.110. The van der Waals surface area contributed by atoms with Crippen molar-refractivity contribution in [3.8, 4) is 0 Å². The molecule has 1 fully saturated rings. The van der Waals surface area contributed by atoms with Crippen LogP contribution in [0.5, 0.6) is 0 Å². The van der Waals surface area contributed by atoms with Gasteiger partial charge in [0.05, 0.1) is 0 Å². The molecule has 1 saturated carbocycles. The van der Waals surface area contributed by atoms with Crippen LogP contribution >= 0.6 is 0 Å². The number of aliphatic hydroxyl groups is 1. The fraction of sp³-hybridized carbons (Fsp3) is 1.00. The van der Waals surface area contributed by atoms with E-state index in [-0.39, 0.29) is 5.92 Å². The second-order valence-electron chi connectivity index (χ2n) is 4.50. The molecule has 1 nitrogen and oxygen atoms in total. The van der Waals surface area contributed by atoms with Gasteiger partial charge in [0, 0.05) is 0 Å². The maximum absolute atomic E-state index is 12.1. The van der Waals surface area contributed by atoms with E-state index < -0.39 is 18.2 Å². The number of hydrogen-bond acceptors (Lipinski definition) is 1. The highest BCUT2D eigenvalue weighted by Gasteiger charge is 2.53. The normalized spacial score (nSPS) is 27.8. The molecule has 1 aliphatic carbocycles. The van der Waals surface area contributed by atoms with Crippen molar-refractivity contribution in [3.63, 3.8) is 0 Å². The Morgan fingerprint density at radius 1 is 1.27 bits per heavy atom. The van der Waals surface area contributed by atoms with Crippen molar-refractivity contribution in [3.05, 3.63) is 0 Å². The third kappa shape index (κ3) is 4.01. The predicted molar refractivity (Wildman–Crippen MR) is 52.4 cm³/mol. The largest absolute Gasteiger partial charge is 0.414 e. The van der Waals surface area contributed by atoms with E-state index in [1.807, 2.05) is 0 Å². The Hall–Kier alpha value is -0.250. The van der Waals surface area contributed by atoms with Crippen LogP contribution in [-0.2, 0) is 0 Å². The summed E-state index contributed by atoms with van der Waals surface area (Å²) in [4.78, 5) is 0. The monoisotopic (exact) mass is 224 g/mol. The molecule has 0 saturated heterocycles. The molecule has 0 unspecified atom stereocenters. The van der Waals surface area contributed by atoms with Crippen molar-refractivity contribution in [2.24, 2.45) is 11.8 Å². The molecule has 1 rings (SSSR count). The average Bonchev–Trinajstić information content (AvgIpc) is 2.89. The van der Waals surface area contributed by atoms with Gasteiger partial charge < -0.3 is 5.11 Å². The molecule has 0 amide bonds. The Morgan fingerprint density at radius 3 is 2.47 bits per heavy atom. The first-order valence-electron chi connectivity index (χ1n) is 5.71. The zero-order valence-electron chi connectivity index (χ0n) is 9.06. The Morgan fingerprint density at radius 2 is 1.93 bits per heavy atom. The molecule has 15 heavy (non-hydrogen) atoms. The number of aliphatic hydroxyl groups excluding tert-OH is 1. The van der Waals surface area contributed by atoms with E-state index >= 15 is 0 Å². The molecule has 90 valence electrons. The summed E-state index contributed by atoms with van der Waals surface area (Å²) >= 11 is 0. The fourth-order valence-corrected chi connectivity index (χ4v) is 2.07. The van der Waals surface area contributed by atoms with Crippen LogP contribution in [0.2, 0.25) is 0 Å². The lowest BCUT2D eigenvalue weighted by Crippen LogP contribution is -2.31. The predicted octanol–water partition coefficient (Wildman–Crippen LogP) is 3.52. The number of hydrogen-bond donors (Lipinski definition) is 1. The van der Waals surface area contributed by atoms with Crippen LogP contribution in [0.4, 0.5) is 13.2 Å². The van der Waals surface area contributed by atoms with Crippen LogP contribution in [0.25, 0.3) is 0 Å². The van der Waals surface area contributed by atoms with Gasteiger partial charge in [-0.15, -0.1) is 0 Å². The first kappa shape index (κ1) is 12.8. The van der Waals surface area contributed by atoms with Crippen LogP contribution in [0.1, 0.15) is 45.4 Å². The summed E-state index contributed by atoms with van der Waals surface area (Å²) in [6, 6.07) is 0. The van der Waals surface area contributed by atoms with Gasteiger partial charge in [0.15, 0.2) is 6.10 Å². The van der Waals surface area contributed by atoms with E-state index in [1.54, 1.807) is 0 Å². The summed E-state index contributed by atoms with van der Waals surface area (Å²) in [6.07, 6.45) is -0.735. The third-order valence-electron chi connectivity index (χ3n) is 3.15. The smallest absolute Gasteiger partial charge is 0.383 e. The Labute approximate surface area is 88.7 Å². The lowest BCUT2D eigenvalue weighted by molar-refractivity contribution is -0.211.